The molecule has 0 saturated carbocycles. The van der Waals surface area contributed by atoms with Crippen LogP contribution in [-0.2, 0) is 9.47 Å². The van der Waals surface area contributed by atoms with Gasteiger partial charge in [0.25, 0.3) is 0 Å². The summed E-state index contributed by atoms with van der Waals surface area (Å²) in [5, 5.41) is 4.63. The first-order valence-corrected chi connectivity index (χ1v) is 9.52. The van der Waals surface area contributed by atoms with Gasteiger partial charge in [-0.05, 0) is 32.0 Å². The van der Waals surface area contributed by atoms with Crippen molar-refractivity contribution in [1.82, 2.24) is 0 Å². The Hall–Kier alpha value is -2.01. The maximum absolute atomic E-state index is 6.32. The van der Waals surface area contributed by atoms with Gasteiger partial charge in [-0.25, -0.2) is 0 Å². The van der Waals surface area contributed by atoms with Gasteiger partial charge in [-0.3, -0.25) is 0 Å². The summed E-state index contributed by atoms with van der Waals surface area (Å²) in [7, 11) is 0. The van der Waals surface area contributed by atoms with Gasteiger partial charge >= 0.3 is 0 Å². The van der Waals surface area contributed by atoms with Crippen LogP contribution in [0.25, 0.3) is 21.5 Å². The number of ether oxygens (including phenoxy) is 4. The van der Waals surface area contributed by atoms with Crippen LogP contribution in [0.4, 0.5) is 0 Å². The van der Waals surface area contributed by atoms with E-state index in [2.05, 4.69) is 26.0 Å². The summed E-state index contributed by atoms with van der Waals surface area (Å²) in [5.74, 6) is 1.66. The summed E-state index contributed by atoms with van der Waals surface area (Å²) >= 11 is 6.32. The molecule has 2 fully saturated rings. The van der Waals surface area contributed by atoms with Crippen molar-refractivity contribution in [2.24, 2.45) is 0 Å². The van der Waals surface area contributed by atoms with Crippen molar-refractivity contribution in [3.8, 4) is 11.5 Å². The zero-order valence-electron chi connectivity index (χ0n) is 15.4. The van der Waals surface area contributed by atoms with Crippen molar-refractivity contribution in [1.29, 1.82) is 0 Å². The van der Waals surface area contributed by atoms with Crippen LogP contribution in [0.2, 0.25) is 5.02 Å². The molecule has 5 rings (SSSR count). The molecule has 2 heterocycles. The Morgan fingerprint density at radius 3 is 1.81 bits per heavy atom. The van der Waals surface area contributed by atoms with E-state index >= 15 is 0 Å². The molecule has 0 aromatic heterocycles. The minimum absolute atomic E-state index is 0.188. The van der Waals surface area contributed by atoms with E-state index in [4.69, 9.17) is 30.5 Å². The van der Waals surface area contributed by atoms with Gasteiger partial charge in [0.05, 0.1) is 13.2 Å². The second-order valence-electron chi connectivity index (χ2n) is 7.95. The molecule has 2 aliphatic heterocycles. The van der Waals surface area contributed by atoms with E-state index in [1.165, 1.54) is 0 Å². The Bertz CT molecular complexity index is 1040. The molecule has 4 nitrogen and oxygen atoms in total. The molecule has 0 aliphatic carbocycles. The van der Waals surface area contributed by atoms with Crippen LogP contribution < -0.4 is 9.47 Å². The van der Waals surface area contributed by atoms with Crippen LogP contribution in [0.3, 0.4) is 0 Å². The largest absolute Gasteiger partial charge is 0.489 e. The van der Waals surface area contributed by atoms with Gasteiger partial charge in [0.1, 0.15) is 35.9 Å². The topological polar surface area (TPSA) is 43.5 Å². The smallest absolute Gasteiger partial charge is 0.135 e. The van der Waals surface area contributed by atoms with Crippen LogP contribution in [-0.4, -0.2) is 37.6 Å². The molecular weight excluding hydrogens is 364 g/mol. The third-order valence-electron chi connectivity index (χ3n) is 5.21. The molecule has 3 aromatic rings. The summed E-state index contributed by atoms with van der Waals surface area (Å²) in [5.41, 5.74) is -0.383. The van der Waals surface area contributed by atoms with Crippen molar-refractivity contribution >= 4 is 33.1 Å². The van der Waals surface area contributed by atoms with E-state index in [1.807, 2.05) is 30.3 Å². The van der Waals surface area contributed by atoms with E-state index < -0.39 is 0 Å². The Kier molecular flexibility index (Phi) is 3.80. The molecule has 2 atom stereocenters. The Morgan fingerprint density at radius 2 is 1.30 bits per heavy atom. The predicted molar refractivity (Wildman–Crippen MR) is 106 cm³/mol. The lowest BCUT2D eigenvalue weighted by Crippen LogP contribution is -2.18. The van der Waals surface area contributed by atoms with E-state index in [0.29, 0.717) is 18.2 Å². The van der Waals surface area contributed by atoms with Gasteiger partial charge < -0.3 is 18.9 Å². The molecule has 2 aliphatic rings. The average molecular weight is 385 g/mol. The lowest BCUT2D eigenvalue weighted by Gasteiger charge is -2.19. The lowest BCUT2D eigenvalue weighted by molar-refractivity contribution is 0.203. The van der Waals surface area contributed by atoms with Crippen LogP contribution >= 0.6 is 11.6 Å². The molecular formula is C22H21ClO4. The minimum atomic E-state index is -0.195. The number of epoxide rings is 2. The van der Waals surface area contributed by atoms with Crippen molar-refractivity contribution < 1.29 is 18.9 Å². The fourth-order valence-electron chi connectivity index (χ4n) is 3.25. The van der Waals surface area contributed by atoms with E-state index in [1.54, 1.807) is 0 Å². The fourth-order valence-corrected chi connectivity index (χ4v) is 3.42. The molecule has 2 unspecified atom stereocenters. The van der Waals surface area contributed by atoms with Crippen molar-refractivity contribution in [3.63, 3.8) is 0 Å². The number of benzene rings is 3. The third kappa shape index (κ3) is 3.22. The summed E-state index contributed by atoms with van der Waals surface area (Å²) < 4.78 is 23.5. The Morgan fingerprint density at radius 1 is 0.815 bits per heavy atom. The van der Waals surface area contributed by atoms with E-state index in [9.17, 15) is 0 Å². The monoisotopic (exact) mass is 384 g/mol. The first-order valence-electron chi connectivity index (χ1n) is 9.14. The first-order chi connectivity index (χ1) is 13.0. The SMILES string of the molecule is CC1(COc2c3ccccc3c(OCC3(C)CO3)c3cc(Cl)ccc23)CO1. The van der Waals surface area contributed by atoms with Gasteiger partial charge in [-0.15, -0.1) is 0 Å². The second-order valence-corrected chi connectivity index (χ2v) is 8.38. The highest BCUT2D eigenvalue weighted by atomic mass is 35.5. The molecule has 3 aromatic carbocycles. The second kappa shape index (κ2) is 5.99. The fraction of sp³-hybridized carbons (Fsp3) is 0.364. The highest BCUT2D eigenvalue weighted by molar-refractivity contribution is 6.31. The molecule has 0 bridgehead atoms. The number of halogens is 1. The van der Waals surface area contributed by atoms with Gasteiger partial charge in [0, 0.05) is 26.6 Å². The van der Waals surface area contributed by atoms with E-state index in [0.717, 1.165) is 46.3 Å². The number of hydrogen-bond donors (Lipinski definition) is 0. The maximum Gasteiger partial charge on any atom is 0.135 e. The van der Waals surface area contributed by atoms with E-state index in [-0.39, 0.29) is 11.2 Å². The van der Waals surface area contributed by atoms with Crippen LogP contribution in [0, 0.1) is 0 Å². The zero-order chi connectivity index (χ0) is 18.6. The van der Waals surface area contributed by atoms with Gasteiger partial charge in [0.2, 0.25) is 0 Å². The minimum Gasteiger partial charge on any atom is -0.489 e. The molecule has 0 amide bonds. The number of rotatable bonds is 6. The summed E-state index contributed by atoms with van der Waals surface area (Å²) in [6.07, 6.45) is 0. The van der Waals surface area contributed by atoms with Gasteiger partial charge in [-0.2, -0.15) is 0 Å². The average Bonchev–Trinajstić information content (AvgIpc) is 3.57. The van der Waals surface area contributed by atoms with Crippen LogP contribution in [0.5, 0.6) is 11.5 Å². The molecule has 140 valence electrons. The number of hydrogen-bond acceptors (Lipinski definition) is 4. The first kappa shape index (κ1) is 17.1. The Balaban J connectivity index is 1.68. The van der Waals surface area contributed by atoms with Crippen molar-refractivity contribution in [2.75, 3.05) is 26.4 Å². The highest BCUT2D eigenvalue weighted by Crippen LogP contribution is 2.45. The van der Waals surface area contributed by atoms with Crippen LogP contribution in [0.1, 0.15) is 13.8 Å². The Labute approximate surface area is 162 Å². The molecule has 2 saturated heterocycles. The highest BCUT2D eigenvalue weighted by Gasteiger charge is 2.41. The van der Waals surface area contributed by atoms with Crippen molar-refractivity contribution in [2.45, 2.75) is 25.0 Å². The van der Waals surface area contributed by atoms with Crippen LogP contribution in [0.15, 0.2) is 42.5 Å². The number of fused-ring (bicyclic) bond motifs is 2. The molecule has 5 heteroatoms. The molecule has 0 N–H and O–H groups in total. The molecule has 0 radical (unpaired) electrons. The molecule has 0 spiro atoms. The standard InChI is InChI=1S/C22H21ClO4/c1-21(12-26-21)10-24-19-15-5-3-4-6-16(15)20(25-11-22(2)13-27-22)18-9-14(23)7-8-17(18)19/h3-9H,10-13H2,1-2H3. The maximum atomic E-state index is 6.32. The lowest BCUT2D eigenvalue weighted by atomic mass is 10.0. The summed E-state index contributed by atoms with van der Waals surface area (Å²) in [4.78, 5) is 0. The molecule has 27 heavy (non-hydrogen) atoms. The summed E-state index contributed by atoms with van der Waals surface area (Å²) in [6, 6.07) is 14.0. The quantitative estimate of drug-likeness (QED) is 0.444. The van der Waals surface area contributed by atoms with Gasteiger partial charge in [-0.1, -0.05) is 35.9 Å². The third-order valence-corrected chi connectivity index (χ3v) is 5.44. The summed E-state index contributed by atoms with van der Waals surface area (Å²) in [6.45, 7) is 6.59. The normalized spacial score (nSPS) is 26.3. The van der Waals surface area contributed by atoms with Gasteiger partial charge in [0.15, 0.2) is 0 Å². The zero-order valence-corrected chi connectivity index (χ0v) is 16.1. The van der Waals surface area contributed by atoms with Crippen molar-refractivity contribution in [3.05, 3.63) is 47.5 Å². The predicted octanol–water partition coefficient (Wildman–Crippen LogP) is 4.98.